The summed E-state index contributed by atoms with van der Waals surface area (Å²) in [5.41, 5.74) is -1.33. The number of hydrogen-bond donors (Lipinski definition) is 1. The van der Waals surface area contributed by atoms with Gasteiger partial charge in [0.2, 0.25) is 0 Å². The molecule has 1 aliphatic heterocycles. The van der Waals surface area contributed by atoms with Crippen LogP contribution < -0.4 is 5.32 Å². The van der Waals surface area contributed by atoms with Crippen molar-refractivity contribution in [1.82, 2.24) is 5.32 Å². The van der Waals surface area contributed by atoms with Gasteiger partial charge in [-0.3, -0.25) is 0 Å². The monoisotopic (exact) mass is 243 g/mol. The number of halogens is 4. The van der Waals surface area contributed by atoms with E-state index >= 15 is 0 Å². The molecule has 1 saturated heterocycles. The van der Waals surface area contributed by atoms with Gasteiger partial charge in [-0.2, -0.15) is 13.2 Å². The molecule has 2 aliphatic rings. The number of nitrogens with one attached hydrogen (secondary N) is 1. The third kappa shape index (κ3) is 2.11. The number of hydrogen-bond acceptors (Lipinski definition) is 1. The molecule has 0 spiro atoms. The largest absolute Gasteiger partial charge is 0.394 e. The van der Waals surface area contributed by atoms with Crippen molar-refractivity contribution in [2.24, 2.45) is 11.3 Å². The molecule has 2 rings (SSSR count). The van der Waals surface area contributed by atoms with Gasteiger partial charge in [0.25, 0.3) is 0 Å². The summed E-state index contributed by atoms with van der Waals surface area (Å²) in [6, 6.07) is 0. The van der Waals surface area contributed by atoms with Crippen LogP contribution in [0.25, 0.3) is 0 Å². The maximum Gasteiger partial charge on any atom is 0.394 e. The third-order valence-corrected chi connectivity index (χ3v) is 3.89. The molecular formula is C10H17ClF3N. The predicted molar refractivity (Wildman–Crippen MR) is 55.2 cm³/mol. The zero-order chi connectivity index (χ0) is 10.2. The molecule has 5 heteroatoms. The molecule has 0 aromatic heterocycles. The Morgan fingerprint density at radius 2 is 1.80 bits per heavy atom. The first kappa shape index (κ1) is 13.1. The number of piperidine rings is 1. The van der Waals surface area contributed by atoms with E-state index in [-0.39, 0.29) is 18.3 Å². The van der Waals surface area contributed by atoms with Gasteiger partial charge in [0.1, 0.15) is 0 Å². The van der Waals surface area contributed by atoms with Crippen LogP contribution in [-0.2, 0) is 0 Å². The van der Waals surface area contributed by atoms with Crippen LogP contribution >= 0.6 is 12.4 Å². The molecule has 1 aliphatic carbocycles. The molecule has 1 N–H and O–H groups in total. The van der Waals surface area contributed by atoms with Crippen molar-refractivity contribution in [2.45, 2.75) is 38.3 Å². The Labute approximate surface area is 94.2 Å². The maximum absolute atomic E-state index is 12.9. The van der Waals surface area contributed by atoms with E-state index in [1.165, 1.54) is 0 Å². The Kier molecular flexibility index (Phi) is 3.93. The van der Waals surface area contributed by atoms with E-state index in [1.807, 2.05) is 0 Å². The summed E-state index contributed by atoms with van der Waals surface area (Å²) in [6.07, 6.45) is -0.911. The molecule has 0 aromatic carbocycles. The summed E-state index contributed by atoms with van der Waals surface area (Å²) < 4.78 is 38.7. The van der Waals surface area contributed by atoms with Gasteiger partial charge >= 0.3 is 6.18 Å². The van der Waals surface area contributed by atoms with E-state index < -0.39 is 11.6 Å². The minimum Gasteiger partial charge on any atom is -0.316 e. The lowest BCUT2D eigenvalue weighted by Gasteiger charge is -2.50. The van der Waals surface area contributed by atoms with Crippen LogP contribution in [0, 0.1) is 11.3 Å². The Bertz CT molecular complexity index is 207. The van der Waals surface area contributed by atoms with Gasteiger partial charge < -0.3 is 5.32 Å². The van der Waals surface area contributed by atoms with Crippen LogP contribution in [0.15, 0.2) is 0 Å². The van der Waals surface area contributed by atoms with Crippen LogP contribution in [-0.4, -0.2) is 19.3 Å². The first-order chi connectivity index (χ1) is 6.56. The van der Waals surface area contributed by atoms with Crippen molar-refractivity contribution >= 4 is 12.4 Å². The van der Waals surface area contributed by atoms with Crippen molar-refractivity contribution in [3.8, 4) is 0 Å². The van der Waals surface area contributed by atoms with E-state index in [4.69, 9.17) is 0 Å². The summed E-state index contributed by atoms with van der Waals surface area (Å²) in [5, 5.41) is 3.08. The Balaban J connectivity index is 0.00000112. The van der Waals surface area contributed by atoms with E-state index in [1.54, 1.807) is 0 Å². The molecule has 0 aromatic rings. The quantitative estimate of drug-likeness (QED) is 0.746. The van der Waals surface area contributed by atoms with E-state index in [0.717, 1.165) is 25.8 Å². The highest BCUT2D eigenvalue weighted by Crippen LogP contribution is 2.58. The van der Waals surface area contributed by atoms with Crippen molar-refractivity contribution in [3.05, 3.63) is 0 Å². The topological polar surface area (TPSA) is 12.0 Å². The lowest BCUT2D eigenvalue weighted by Crippen LogP contribution is -2.53. The van der Waals surface area contributed by atoms with E-state index in [0.29, 0.717) is 19.4 Å². The van der Waals surface area contributed by atoms with Crippen LogP contribution in [0.5, 0.6) is 0 Å². The number of rotatable bonds is 1. The molecule has 1 unspecified atom stereocenters. The molecule has 1 saturated carbocycles. The molecule has 2 fully saturated rings. The minimum absolute atomic E-state index is 0. The van der Waals surface area contributed by atoms with Gasteiger partial charge in [0, 0.05) is 0 Å². The molecule has 0 radical (unpaired) electrons. The van der Waals surface area contributed by atoms with Crippen LogP contribution in [0.3, 0.4) is 0 Å². The molecule has 1 heterocycles. The third-order valence-electron chi connectivity index (χ3n) is 3.89. The summed E-state index contributed by atoms with van der Waals surface area (Å²) in [5.74, 6) is -0.176. The first-order valence-electron chi connectivity index (χ1n) is 5.34. The summed E-state index contributed by atoms with van der Waals surface area (Å²) in [6.45, 7) is 1.43. The molecular weight excluding hydrogens is 227 g/mol. The SMILES string of the molecule is Cl.FC(F)(F)C1(C2CCCNC2)CCC1. The Morgan fingerprint density at radius 1 is 1.13 bits per heavy atom. The minimum atomic E-state index is -3.99. The van der Waals surface area contributed by atoms with Gasteiger partial charge in [-0.15, -0.1) is 12.4 Å². The second-order valence-electron chi connectivity index (χ2n) is 4.55. The Morgan fingerprint density at radius 3 is 2.13 bits per heavy atom. The lowest BCUT2D eigenvalue weighted by molar-refractivity contribution is -0.272. The van der Waals surface area contributed by atoms with Gasteiger partial charge in [-0.05, 0) is 44.7 Å². The fourth-order valence-corrected chi connectivity index (χ4v) is 2.80. The summed E-state index contributed by atoms with van der Waals surface area (Å²) >= 11 is 0. The van der Waals surface area contributed by atoms with Crippen LogP contribution in [0.2, 0.25) is 0 Å². The standard InChI is InChI=1S/C10H16F3N.ClH/c11-10(12,13)9(4-2-5-9)8-3-1-6-14-7-8;/h8,14H,1-7H2;1H. The van der Waals surface area contributed by atoms with Gasteiger partial charge in [-0.25, -0.2) is 0 Å². The normalized spacial score (nSPS) is 30.2. The average molecular weight is 244 g/mol. The highest BCUT2D eigenvalue weighted by molar-refractivity contribution is 5.85. The smallest absolute Gasteiger partial charge is 0.316 e. The fourth-order valence-electron chi connectivity index (χ4n) is 2.80. The molecule has 1 nitrogen and oxygen atoms in total. The molecule has 0 bridgehead atoms. The summed E-state index contributed by atoms with van der Waals surface area (Å²) in [7, 11) is 0. The van der Waals surface area contributed by atoms with Gasteiger partial charge in [0.15, 0.2) is 0 Å². The first-order valence-corrected chi connectivity index (χ1v) is 5.34. The van der Waals surface area contributed by atoms with Crippen molar-refractivity contribution in [2.75, 3.05) is 13.1 Å². The molecule has 15 heavy (non-hydrogen) atoms. The Hall–Kier alpha value is 0.0400. The maximum atomic E-state index is 12.9. The van der Waals surface area contributed by atoms with Crippen LogP contribution in [0.1, 0.15) is 32.1 Å². The molecule has 1 atom stereocenters. The van der Waals surface area contributed by atoms with Gasteiger partial charge in [0.05, 0.1) is 5.41 Å². The highest BCUT2D eigenvalue weighted by atomic mass is 35.5. The second-order valence-corrected chi connectivity index (χ2v) is 4.55. The molecule has 0 amide bonds. The van der Waals surface area contributed by atoms with E-state index in [9.17, 15) is 13.2 Å². The zero-order valence-electron chi connectivity index (χ0n) is 8.57. The average Bonchev–Trinajstić information content (AvgIpc) is 2.01. The van der Waals surface area contributed by atoms with Gasteiger partial charge in [-0.1, -0.05) is 6.42 Å². The van der Waals surface area contributed by atoms with Crippen molar-refractivity contribution in [3.63, 3.8) is 0 Å². The molecule has 90 valence electrons. The fraction of sp³-hybridized carbons (Fsp3) is 1.00. The second kappa shape index (κ2) is 4.50. The highest BCUT2D eigenvalue weighted by Gasteiger charge is 2.61. The zero-order valence-corrected chi connectivity index (χ0v) is 9.39. The summed E-state index contributed by atoms with van der Waals surface area (Å²) in [4.78, 5) is 0. The van der Waals surface area contributed by atoms with Crippen LogP contribution in [0.4, 0.5) is 13.2 Å². The predicted octanol–water partition coefficient (Wildman–Crippen LogP) is 3.14. The van der Waals surface area contributed by atoms with Crippen molar-refractivity contribution in [1.29, 1.82) is 0 Å². The number of alkyl halides is 3. The van der Waals surface area contributed by atoms with E-state index in [2.05, 4.69) is 5.32 Å². The van der Waals surface area contributed by atoms with Crippen molar-refractivity contribution < 1.29 is 13.2 Å². The lowest BCUT2D eigenvalue weighted by atomic mass is 9.59.